The molecule has 0 aliphatic carbocycles. The van der Waals surface area contributed by atoms with Crippen LogP contribution in [0.25, 0.3) is 5.69 Å². The largest absolute Gasteiger partial charge is 0.477 e. The average molecular weight is 201 g/mol. The smallest absolute Gasteiger partial charge is 0.352 e. The molecule has 0 saturated carbocycles. The maximum Gasteiger partial charge on any atom is 0.352 e. The number of rotatable bonds is 2. The Morgan fingerprint density at radius 2 is 2.07 bits per heavy atom. The van der Waals surface area contributed by atoms with Crippen LogP contribution in [-0.2, 0) is 0 Å². The fraction of sp³-hybridized carbons (Fsp3) is 0.0833. The topological polar surface area (TPSA) is 42.2 Å². The summed E-state index contributed by atoms with van der Waals surface area (Å²) >= 11 is 0. The van der Waals surface area contributed by atoms with Gasteiger partial charge in [0.05, 0.1) is 0 Å². The Balaban J connectivity index is 2.54. The second-order valence-corrected chi connectivity index (χ2v) is 3.41. The van der Waals surface area contributed by atoms with Crippen molar-refractivity contribution in [2.75, 3.05) is 0 Å². The summed E-state index contributed by atoms with van der Waals surface area (Å²) in [5.41, 5.74) is 2.26. The third-order valence-electron chi connectivity index (χ3n) is 2.25. The van der Waals surface area contributed by atoms with E-state index in [0.717, 1.165) is 11.3 Å². The number of hydrogen-bond donors (Lipinski definition) is 1. The van der Waals surface area contributed by atoms with Crippen LogP contribution in [0.4, 0.5) is 0 Å². The zero-order chi connectivity index (χ0) is 10.8. The Morgan fingerprint density at radius 1 is 1.27 bits per heavy atom. The predicted octanol–water partition coefficient (Wildman–Crippen LogP) is 2.48. The molecule has 0 aliphatic rings. The number of aryl methyl sites for hydroxylation is 1. The van der Waals surface area contributed by atoms with E-state index in [4.69, 9.17) is 5.11 Å². The second kappa shape index (κ2) is 3.61. The van der Waals surface area contributed by atoms with Gasteiger partial charge in [-0.1, -0.05) is 12.1 Å². The van der Waals surface area contributed by atoms with Crippen molar-refractivity contribution in [2.45, 2.75) is 6.92 Å². The van der Waals surface area contributed by atoms with Gasteiger partial charge in [-0.05, 0) is 36.8 Å². The van der Waals surface area contributed by atoms with Crippen LogP contribution in [0.15, 0.2) is 42.6 Å². The molecule has 0 amide bonds. The number of nitrogens with zero attached hydrogens (tertiary/aromatic N) is 1. The van der Waals surface area contributed by atoms with Gasteiger partial charge in [-0.2, -0.15) is 0 Å². The zero-order valence-electron chi connectivity index (χ0n) is 8.34. The standard InChI is InChI=1S/C12H11NO2/c1-9-4-2-5-10(8-9)13-7-3-6-11(13)12(14)15/h2-8H,1H3,(H,14,15). The van der Waals surface area contributed by atoms with Gasteiger partial charge in [0.25, 0.3) is 0 Å². The van der Waals surface area contributed by atoms with E-state index in [9.17, 15) is 4.79 Å². The lowest BCUT2D eigenvalue weighted by Crippen LogP contribution is -2.05. The highest BCUT2D eigenvalue weighted by atomic mass is 16.4. The van der Waals surface area contributed by atoms with Crippen LogP contribution in [0, 0.1) is 6.92 Å². The van der Waals surface area contributed by atoms with E-state index in [1.54, 1.807) is 22.9 Å². The summed E-state index contributed by atoms with van der Waals surface area (Å²) in [6, 6.07) is 11.0. The molecule has 0 spiro atoms. The first kappa shape index (κ1) is 9.52. The maximum absolute atomic E-state index is 10.9. The molecule has 0 atom stereocenters. The number of carboxylic acid groups (broad SMARTS) is 1. The molecule has 2 aromatic rings. The lowest BCUT2D eigenvalue weighted by molar-refractivity contribution is 0.0688. The molecule has 0 unspecified atom stereocenters. The molecular weight excluding hydrogens is 190 g/mol. The van der Waals surface area contributed by atoms with E-state index < -0.39 is 5.97 Å². The Labute approximate surface area is 87.6 Å². The van der Waals surface area contributed by atoms with Crippen molar-refractivity contribution in [1.29, 1.82) is 0 Å². The van der Waals surface area contributed by atoms with Gasteiger partial charge < -0.3 is 9.67 Å². The van der Waals surface area contributed by atoms with Crippen LogP contribution < -0.4 is 0 Å². The molecule has 1 N–H and O–H groups in total. The maximum atomic E-state index is 10.9. The van der Waals surface area contributed by atoms with Gasteiger partial charge >= 0.3 is 5.97 Å². The van der Waals surface area contributed by atoms with Gasteiger partial charge in [0.15, 0.2) is 0 Å². The van der Waals surface area contributed by atoms with Crippen LogP contribution in [0.1, 0.15) is 16.1 Å². The summed E-state index contributed by atoms with van der Waals surface area (Å²) in [5.74, 6) is -0.915. The van der Waals surface area contributed by atoms with Gasteiger partial charge in [-0.3, -0.25) is 0 Å². The van der Waals surface area contributed by atoms with Gasteiger partial charge in [0.2, 0.25) is 0 Å². The molecule has 76 valence electrons. The number of aromatic carboxylic acids is 1. The summed E-state index contributed by atoms with van der Waals surface area (Å²) in [6.45, 7) is 1.98. The Morgan fingerprint density at radius 3 is 2.73 bits per heavy atom. The van der Waals surface area contributed by atoms with E-state index in [1.807, 2.05) is 31.2 Å². The van der Waals surface area contributed by atoms with E-state index in [0.29, 0.717) is 0 Å². The minimum absolute atomic E-state index is 0.278. The number of benzene rings is 1. The number of carboxylic acids is 1. The molecule has 3 nitrogen and oxygen atoms in total. The molecule has 1 aromatic carbocycles. The Hall–Kier alpha value is -2.03. The second-order valence-electron chi connectivity index (χ2n) is 3.41. The fourth-order valence-electron chi connectivity index (χ4n) is 1.56. The van der Waals surface area contributed by atoms with Crippen LogP contribution in [0.2, 0.25) is 0 Å². The molecule has 2 rings (SSSR count). The summed E-state index contributed by atoms with van der Waals surface area (Å²) in [7, 11) is 0. The fourth-order valence-corrected chi connectivity index (χ4v) is 1.56. The summed E-state index contributed by atoms with van der Waals surface area (Å²) in [5, 5.41) is 8.96. The summed E-state index contributed by atoms with van der Waals surface area (Å²) < 4.78 is 1.66. The first-order valence-corrected chi connectivity index (χ1v) is 4.66. The lowest BCUT2D eigenvalue weighted by Gasteiger charge is -2.06. The third-order valence-corrected chi connectivity index (χ3v) is 2.25. The van der Waals surface area contributed by atoms with Gasteiger partial charge in [0.1, 0.15) is 5.69 Å². The Kier molecular flexibility index (Phi) is 2.29. The van der Waals surface area contributed by atoms with E-state index >= 15 is 0 Å². The van der Waals surface area contributed by atoms with E-state index in [1.165, 1.54) is 0 Å². The molecular formula is C12H11NO2. The SMILES string of the molecule is Cc1cccc(-n2cccc2C(=O)O)c1. The summed E-state index contributed by atoms with van der Waals surface area (Å²) in [4.78, 5) is 10.9. The van der Waals surface area contributed by atoms with Gasteiger partial charge in [0, 0.05) is 11.9 Å². The van der Waals surface area contributed by atoms with Gasteiger partial charge in [-0.25, -0.2) is 4.79 Å². The molecule has 0 bridgehead atoms. The van der Waals surface area contributed by atoms with Crippen molar-refractivity contribution in [3.8, 4) is 5.69 Å². The van der Waals surface area contributed by atoms with Crippen LogP contribution in [-0.4, -0.2) is 15.6 Å². The average Bonchev–Trinajstić information content (AvgIpc) is 2.65. The molecule has 0 saturated heterocycles. The monoisotopic (exact) mass is 201 g/mol. The molecule has 1 aromatic heterocycles. The molecule has 1 heterocycles. The van der Waals surface area contributed by atoms with Crippen molar-refractivity contribution in [3.05, 3.63) is 53.9 Å². The minimum atomic E-state index is -0.915. The molecule has 15 heavy (non-hydrogen) atoms. The third kappa shape index (κ3) is 1.76. The number of hydrogen-bond acceptors (Lipinski definition) is 1. The highest BCUT2D eigenvalue weighted by Gasteiger charge is 2.09. The van der Waals surface area contributed by atoms with Crippen molar-refractivity contribution in [1.82, 2.24) is 4.57 Å². The number of aromatic nitrogens is 1. The molecule has 0 aliphatic heterocycles. The first-order chi connectivity index (χ1) is 7.18. The van der Waals surface area contributed by atoms with Crippen molar-refractivity contribution >= 4 is 5.97 Å². The van der Waals surface area contributed by atoms with Crippen molar-refractivity contribution in [3.63, 3.8) is 0 Å². The normalized spacial score (nSPS) is 10.2. The highest BCUT2D eigenvalue weighted by Crippen LogP contribution is 2.14. The van der Waals surface area contributed by atoms with Gasteiger partial charge in [-0.15, -0.1) is 0 Å². The predicted molar refractivity (Wildman–Crippen MR) is 57.5 cm³/mol. The first-order valence-electron chi connectivity index (χ1n) is 4.66. The Bertz CT molecular complexity index is 500. The molecule has 0 fully saturated rings. The van der Waals surface area contributed by atoms with Crippen molar-refractivity contribution < 1.29 is 9.90 Å². The zero-order valence-corrected chi connectivity index (χ0v) is 8.34. The van der Waals surface area contributed by atoms with E-state index in [2.05, 4.69) is 0 Å². The van der Waals surface area contributed by atoms with Crippen LogP contribution >= 0.6 is 0 Å². The molecule has 3 heteroatoms. The summed E-state index contributed by atoms with van der Waals surface area (Å²) in [6.07, 6.45) is 1.75. The number of carbonyl (C=O) groups is 1. The quantitative estimate of drug-likeness (QED) is 0.811. The molecule has 0 radical (unpaired) electrons. The minimum Gasteiger partial charge on any atom is -0.477 e. The lowest BCUT2D eigenvalue weighted by atomic mass is 10.2. The van der Waals surface area contributed by atoms with Crippen LogP contribution in [0.3, 0.4) is 0 Å². The van der Waals surface area contributed by atoms with E-state index in [-0.39, 0.29) is 5.69 Å². The van der Waals surface area contributed by atoms with Crippen LogP contribution in [0.5, 0.6) is 0 Å². The van der Waals surface area contributed by atoms with Crippen molar-refractivity contribution in [2.24, 2.45) is 0 Å². The highest BCUT2D eigenvalue weighted by molar-refractivity contribution is 5.86.